The van der Waals surface area contributed by atoms with Crippen LogP contribution in [0.15, 0.2) is 23.2 Å². The highest BCUT2D eigenvalue weighted by molar-refractivity contribution is 5.84. The highest BCUT2D eigenvalue weighted by Crippen LogP contribution is 2.24. The molecule has 1 aromatic rings. The van der Waals surface area contributed by atoms with E-state index in [1.807, 2.05) is 13.8 Å². The summed E-state index contributed by atoms with van der Waals surface area (Å²) in [6.45, 7) is 6.49. The number of amides is 1. The molecule has 3 N–H and O–H groups in total. The Morgan fingerprint density at radius 3 is 2.56 bits per heavy atom. The van der Waals surface area contributed by atoms with E-state index in [1.165, 1.54) is 42.4 Å². The Bertz CT molecular complexity index is 637. The van der Waals surface area contributed by atoms with Crippen molar-refractivity contribution in [3.8, 4) is 0 Å². The Balaban J connectivity index is 1.98. The molecule has 0 saturated heterocycles. The maximum Gasteiger partial charge on any atom is 0.227 e. The Hall–Kier alpha value is -2.04. The number of rotatable bonds is 5. The zero-order valence-electron chi connectivity index (χ0n) is 16.2. The molecule has 1 aliphatic rings. The molecule has 5 nitrogen and oxygen atoms in total. The molecule has 0 aliphatic heterocycles. The summed E-state index contributed by atoms with van der Waals surface area (Å²) >= 11 is 0. The van der Waals surface area contributed by atoms with Crippen LogP contribution in [0.4, 0.5) is 0 Å². The highest BCUT2D eigenvalue weighted by atomic mass is 16.2. The fourth-order valence-corrected chi connectivity index (χ4v) is 3.23. The van der Waals surface area contributed by atoms with E-state index in [0.717, 1.165) is 0 Å². The van der Waals surface area contributed by atoms with Crippen LogP contribution in [0.1, 0.15) is 56.3 Å². The van der Waals surface area contributed by atoms with Gasteiger partial charge in [-0.1, -0.05) is 18.2 Å². The number of nitrogens with zero attached hydrogens (tertiary/aromatic N) is 1. The van der Waals surface area contributed by atoms with Crippen molar-refractivity contribution in [3.63, 3.8) is 0 Å². The minimum absolute atomic E-state index is 0.0122. The Morgan fingerprint density at radius 1 is 1.24 bits per heavy atom. The average Bonchev–Trinajstić information content (AvgIpc) is 2.63. The van der Waals surface area contributed by atoms with Crippen LogP contribution in [-0.2, 0) is 17.6 Å². The van der Waals surface area contributed by atoms with Gasteiger partial charge in [0.1, 0.15) is 0 Å². The molecule has 0 bridgehead atoms. The van der Waals surface area contributed by atoms with E-state index in [2.05, 4.69) is 46.1 Å². The van der Waals surface area contributed by atoms with E-state index < -0.39 is 5.41 Å². The molecule has 25 heavy (non-hydrogen) atoms. The summed E-state index contributed by atoms with van der Waals surface area (Å²) in [5.41, 5.74) is 3.76. The van der Waals surface area contributed by atoms with Crippen LogP contribution in [0, 0.1) is 5.41 Å². The molecule has 1 atom stereocenters. The van der Waals surface area contributed by atoms with Gasteiger partial charge < -0.3 is 16.0 Å². The van der Waals surface area contributed by atoms with Gasteiger partial charge in [-0.2, -0.15) is 0 Å². The van der Waals surface area contributed by atoms with Gasteiger partial charge in [-0.25, -0.2) is 0 Å². The van der Waals surface area contributed by atoms with Crippen molar-refractivity contribution >= 4 is 11.9 Å². The molecule has 138 valence electrons. The molecule has 0 spiro atoms. The van der Waals surface area contributed by atoms with Gasteiger partial charge in [0.15, 0.2) is 5.96 Å². The highest BCUT2D eigenvalue weighted by Gasteiger charge is 2.26. The molecule has 1 aliphatic carbocycles. The Kier molecular flexibility index (Phi) is 6.45. The summed E-state index contributed by atoms with van der Waals surface area (Å²) < 4.78 is 0. The molecular formula is C20H32N4O. The van der Waals surface area contributed by atoms with Gasteiger partial charge in [0.2, 0.25) is 5.91 Å². The van der Waals surface area contributed by atoms with Gasteiger partial charge in [-0.15, -0.1) is 0 Å². The van der Waals surface area contributed by atoms with Crippen molar-refractivity contribution in [1.29, 1.82) is 0 Å². The lowest BCUT2D eigenvalue weighted by atomic mass is 9.89. The topological polar surface area (TPSA) is 65.5 Å². The summed E-state index contributed by atoms with van der Waals surface area (Å²) in [4.78, 5) is 16.2. The number of aryl methyl sites for hydroxylation is 2. The molecular weight excluding hydrogens is 312 g/mol. The quantitative estimate of drug-likeness (QED) is 0.568. The maximum atomic E-state index is 11.9. The minimum Gasteiger partial charge on any atom is -0.359 e. The largest absolute Gasteiger partial charge is 0.359 e. The third kappa shape index (κ3) is 4.97. The fourth-order valence-electron chi connectivity index (χ4n) is 3.23. The van der Waals surface area contributed by atoms with E-state index in [9.17, 15) is 4.79 Å². The number of carbonyl (C=O) groups excluding carboxylic acids is 1. The molecule has 1 amide bonds. The average molecular weight is 345 g/mol. The second-order valence-electron chi connectivity index (χ2n) is 7.49. The van der Waals surface area contributed by atoms with Crippen LogP contribution in [0.2, 0.25) is 0 Å². The number of carbonyl (C=O) groups is 1. The molecule has 0 heterocycles. The smallest absolute Gasteiger partial charge is 0.227 e. The van der Waals surface area contributed by atoms with Crippen molar-refractivity contribution in [3.05, 3.63) is 34.9 Å². The standard InChI is InChI=1S/C20H32N4O/c1-14(16-11-10-15-8-6-7-9-17(15)12-16)24-19(22-5)23-13-20(2,3)18(25)21-4/h10-12,14H,6-9,13H2,1-5H3,(H,21,25)(H2,22,23,24). The van der Waals surface area contributed by atoms with Gasteiger partial charge in [0.25, 0.3) is 0 Å². The number of aliphatic imine (C=N–C) groups is 1. The van der Waals surface area contributed by atoms with Gasteiger partial charge in [-0.05, 0) is 63.1 Å². The van der Waals surface area contributed by atoms with Crippen molar-refractivity contribution in [2.45, 2.75) is 52.5 Å². The van der Waals surface area contributed by atoms with Crippen LogP contribution in [-0.4, -0.2) is 32.5 Å². The Morgan fingerprint density at radius 2 is 1.92 bits per heavy atom. The van der Waals surface area contributed by atoms with Gasteiger partial charge >= 0.3 is 0 Å². The third-order valence-electron chi connectivity index (χ3n) is 4.99. The van der Waals surface area contributed by atoms with Gasteiger partial charge in [0.05, 0.1) is 11.5 Å². The second kappa shape index (κ2) is 8.37. The predicted molar refractivity (Wildman–Crippen MR) is 104 cm³/mol. The molecule has 1 unspecified atom stereocenters. The molecule has 1 aromatic carbocycles. The summed E-state index contributed by atoms with van der Waals surface area (Å²) in [6.07, 6.45) is 4.98. The number of fused-ring (bicyclic) bond motifs is 1. The molecule has 0 fully saturated rings. The number of guanidine groups is 1. The number of hydrogen-bond acceptors (Lipinski definition) is 2. The van der Waals surface area contributed by atoms with E-state index in [-0.39, 0.29) is 11.9 Å². The lowest BCUT2D eigenvalue weighted by Crippen LogP contribution is -2.47. The fraction of sp³-hybridized carbons (Fsp3) is 0.600. The van der Waals surface area contributed by atoms with Gasteiger partial charge in [0, 0.05) is 20.6 Å². The van der Waals surface area contributed by atoms with E-state index in [0.29, 0.717) is 12.5 Å². The van der Waals surface area contributed by atoms with Crippen LogP contribution in [0.25, 0.3) is 0 Å². The van der Waals surface area contributed by atoms with Crippen LogP contribution in [0.3, 0.4) is 0 Å². The Labute approximate surface area is 151 Å². The van der Waals surface area contributed by atoms with E-state index in [1.54, 1.807) is 14.1 Å². The van der Waals surface area contributed by atoms with Crippen molar-refractivity contribution in [1.82, 2.24) is 16.0 Å². The lowest BCUT2D eigenvalue weighted by molar-refractivity contribution is -0.128. The summed E-state index contributed by atoms with van der Waals surface area (Å²) in [7, 11) is 3.41. The first kappa shape index (κ1) is 19.3. The first-order valence-corrected chi connectivity index (χ1v) is 9.18. The van der Waals surface area contributed by atoms with Crippen LogP contribution in [0.5, 0.6) is 0 Å². The number of nitrogens with one attached hydrogen (secondary N) is 3. The molecule has 5 heteroatoms. The van der Waals surface area contributed by atoms with Crippen molar-refractivity contribution in [2.75, 3.05) is 20.6 Å². The second-order valence-corrected chi connectivity index (χ2v) is 7.49. The summed E-state index contributed by atoms with van der Waals surface area (Å²) in [5.74, 6) is 0.723. The molecule has 0 aromatic heterocycles. The van der Waals surface area contributed by atoms with Crippen molar-refractivity contribution in [2.24, 2.45) is 10.4 Å². The lowest BCUT2D eigenvalue weighted by Gasteiger charge is -2.26. The molecule has 0 radical (unpaired) electrons. The zero-order valence-corrected chi connectivity index (χ0v) is 16.2. The number of benzene rings is 1. The molecule has 0 saturated carbocycles. The molecule has 2 rings (SSSR count). The maximum absolute atomic E-state index is 11.9. The summed E-state index contributed by atoms with van der Waals surface area (Å²) in [6, 6.07) is 6.96. The third-order valence-corrected chi connectivity index (χ3v) is 4.99. The van der Waals surface area contributed by atoms with E-state index in [4.69, 9.17) is 0 Å². The first-order valence-electron chi connectivity index (χ1n) is 9.18. The zero-order chi connectivity index (χ0) is 18.4. The predicted octanol–water partition coefficient (Wildman–Crippen LogP) is 2.56. The summed E-state index contributed by atoms with van der Waals surface area (Å²) in [5, 5.41) is 9.40. The van der Waals surface area contributed by atoms with Crippen LogP contribution >= 0.6 is 0 Å². The SMILES string of the molecule is CN=C(NCC(C)(C)C(=O)NC)NC(C)c1ccc2c(c1)CCCC2. The number of hydrogen-bond donors (Lipinski definition) is 3. The van der Waals surface area contributed by atoms with E-state index >= 15 is 0 Å². The van der Waals surface area contributed by atoms with Crippen molar-refractivity contribution < 1.29 is 4.79 Å². The van der Waals surface area contributed by atoms with Crippen LogP contribution < -0.4 is 16.0 Å². The van der Waals surface area contributed by atoms with Gasteiger partial charge in [-0.3, -0.25) is 9.79 Å². The monoisotopic (exact) mass is 344 g/mol. The normalized spacial score (nSPS) is 16.0. The first-order chi connectivity index (χ1) is 11.9. The minimum atomic E-state index is -0.499.